The van der Waals surface area contributed by atoms with E-state index >= 15 is 0 Å². The van der Waals surface area contributed by atoms with Crippen LogP contribution < -0.4 is 0 Å². The maximum absolute atomic E-state index is 11.3. The van der Waals surface area contributed by atoms with Gasteiger partial charge in [0.05, 0.1) is 13.1 Å². The van der Waals surface area contributed by atoms with Crippen LogP contribution in [-0.2, 0) is 32.7 Å². The van der Waals surface area contributed by atoms with E-state index in [4.69, 9.17) is 0 Å². The summed E-state index contributed by atoms with van der Waals surface area (Å²) in [6, 6.07) is 0. The Morgan fingerprint density at radius 3 is 1.75 bits per heavy atom. The smallest absolute Gasteiger partial charge is 0.0591 e. The van der Waals surface area contributed by atoms with Crippen molar-refractivity contribution in [1.29, 1.82) is 0 Å². The molecule has 0 aromatic heterocycles. The Kier molecular flexibility index (Phi) is 10.1. The number of nitrogens with zero attached hydrogens (tertiary/aromatic N) is 1. The molecule has 0 spiro atoms. The van der Waals surface area contributed by atoms with E-state index in [0.29, 0.717) is 13.1 Å². The largest absolute Gasteiger partial charge is 0.662 e. The van der Waals surface area contributed by atoms with Crippen molar-refractivity contribution in [3.8, 4) is 0 Å². The van der Waals surface area contributed by atoms with E-state index in [1.807, 2.05) is 6.92 Å². The fourth-order valence-corrected chi connectivity index (χ4v) is 0.976. The molecule has 0 aromatic rings. The Morgan fingerprint density at radius 2 is 1.67 bits per heavy atom. The van der Waals surface area contributed by atoms with E-state index < -0.39 is 0 Å². The predicted octanol–water partition coefficient (Wildman–Crippen LogP) is 2.61. The Morgan fingerprint density at radius 1 is 1.33 bits per heavy atom. The number of hydrogen-bond donors (Lipinski definition) is 0. The van der Waals surface area contributed by atoms with Gasteiger partial charge in [0.25, 0.3) is 0 Å². The number of hydroxylamine groups is 3. The summed E-state index contributed by atoms with van der Waals surface area (Å²) in [6.07, 6.45) is 0. The molecule has 73 valence electrons. The van der Waals surface area contributed by atoms with Crippen molar-refractivity contribution in [3.63, 3.8) is 0 Å². The van der Waals surface area contributed by atoms with Crippen molar-refractivity contribution in [2.75, 3.05) is 13.1 Å². The van der Waals surface area contributed by atoms with Gasteiger partial charge in [-0.05, 0) is 6.92 Å². The van der Waals surface area contributed by atoms with Crippen LogP contribution in [0.5, 0.6) is 0 Å². The van der Waals surface area contributed by atoms with Crippen molar-refractivity contribution in [2.24, 2.45) is 5.41 Å². The van der Waals surface area contributed by atoms with Gasteiger partial charge in [-0.3, -0.25) is 0 Å². The van der Waals surface area contributed by atoms with E-state index in [-0.39, 0.29) is 50.2 Å². The molecule has 0 fully saturated rings. The molecule has 0 aliphatic carbocycles. The van der Waals surface area contributed by atoms with Crippen LogP contribution in [0, 0.1) is 25.1 Å². The molecule has 0 aliphatic rings. The molecule has 0 N–H and O–H groups in total. The summed E-state index contributed by atoms with van der Waals surface area (Å²) >= 11 is 0. The molecule has 0 aliphatic heterocycles. The third-order valence-corrected chi connectivity index (χ3v) is 1.34. The first-order chi connectivity index (χ1) is 4.27. The molecule has 0 heterocycles. The van der Waals surface area contributed by atoms with Gasteiger partial charge in [0.15, 0.2) is 0 Å². The minimum Gasteiger partial charge on any atom is -0.662 e. The third-order valence-electron chi connectivity index (χ3n) is 1.34. The van der Waals surface area contributed by atoms with Gasteiger partial charge in [-0.25, -0.2) is 0 Å². The second kappa shape index (κ2) is 6.47. The predicted molar refractivity (Wildman–Crippen MR) is 50.3 cm³/mol. The van der Waals surface area contributed by atoms with Crippen molar-refractivity contribution in [2.45, 2.75) is 27.7 Å². The average Bonchev–Trinajstić information content (AvgIpc) is 1.60. The first kappa shape index (κ1) is 18.7. The molecule has 12 heavy (non-hydrogen) atoms. The zero-order valence-electron chi connectivity index (χ0n) is 9.05. The van der Waals surface area contributed by atoms with Crippen LogP contribution in [-0.4, -0.2) is 17.7 Å². The van der Waals surface area contributed by atoms with Gasteiger partial charge in [0.2, 0.25) is 0 Å². The summed E-state index contributed by atoms with van der Waals surface area (Å²) in [4.78, 5) is 0. The third kappa shape index (κ3) is 11.0. The van der Waals surface area contributed by atoms with Crippen LogP contribution in [0.15, 0.2) is 0 Å². The molecule has 1 radical (unpaired) electrons. The molecule has 1 unspecified atom stereocenters. The summed E-state index contributed by atoms with van der Waals surface area (Å²) in [5, 5.41) is 11.3. The van der Waals surface area contributed by atoms with Crippen LogP contribution in [0.25, 0.3) is 0 Å². The van der Waals surface area contributed by atoms with Crippen molar-refractivity contribution < 1.29 is 37.4 Å². The Bertz CT molecular complexity index is 108. The minimum atomic E-state index is -0.372. The van der Waals surface area contributed by atoms with Gasteiger partial charge in [-0.15, -0.1) is 7.05 Å². The molecule has 1 atom stereocenters. The van der Waals surface area contributed by atoms with Gasteiger partial charge in [0.1, 0.15) is 0 Å². The summed E-state index contributed by atoms with van der Waals surface area (Å²) in [5.41, 5.74) is 0.0828. The molecule has 3 heteroatoms. The van der Waals surface area contributed by atoms with Gasteiger partial charge in [-0.1, -0.05) is 20.8 Å². The van der Waals surface area contributed by atoms with Crippen LogP contribution in [0.4, 0.5) is 0 Å². The maximum Gasteiger partial charge on any atom is 0.0591 e. The zero-order valence-corrected chi connectivity index (χ0v) is 11.9. The average molecular weight is 248 g/mol. The van der Waals surface area contributed by atoms with E-state index in [1.54, 1.807) is 0 Å². The van der Waals surface area contributed by atoms with Gasteiger partial charge in [0, 0.05) is 38.1 Å². The Balaban J connectivity index is -0.000000405. The topological polar surface area (TPSA) is 23.1 Å². The molecule has 0 saturated heterocycles. The van der Waals surface area contributed by atoms with E-state index in [0.717, 1.165) is 0 Å². The Hall–Kier alpha value is 1.02. The van der Waals surface area contributed by atoms with Crippen LogP contribution in [0.2, 0.25) is 0 Å². The molecule has 2 nitrogen and oxygen atoms in total. The minimum absolute atomic E-state index is 0. The standard InChI is InChI=1S/C8H18NO.CH3.Y/c1-6-9(5,10)7-8(2,3)4;;/h5-7H2,1-4H3;1H3;/q2*-1;. The van der Waals surface area contributed by atoms with E-state index in [2.05, 4.69) is 27.8 Å². The van der Waals surface area contributed by atoms with Crippen LogP contribution in [0.3, 0.4) is 0 Å². The molecule has 0 amide bonds. The first-order valence-electron chi connectivity index (χ1n) is 3.69. The molecular formula is C9H21NOY-2. The summed E-state index contributed by atoms with van der Waals surface area (Å²) < 4.78 is -0.372. The van der Waals surface area contributed by atoms with Crippen molar-refractivity contribution in [1.82, 2.24) is 0 Å². The van der Waals surface area contributed by atoms with Crippen LogP contribution >= 0.6 is 0 Å². The molecule has 0 saturated carbocycles. The SMILES string of the molecule is [CH2-][N+]([O-])(CC)CC(C)(C)C.[CH3-].[Y]. The van der Waals surface area contributed by atoms with E-state index in [9.17, 15) is 5.21 Å². The first-order valence-corrected chi connectivity index (χ1v) is 3.69. The van der Waals surface area contributed by atoms with E-state index in [1.165, 1.54) is 0 Å². The molecular weight excluding hydrogens is 227 g/mol. The number of quaternary nitrogens is 1. The second-order valence-electron chi connectivity index (χ2n) is 4.09. The molecule has 0 bridgehead atoms. The maximum atomic E-state index is 11.3. The fraction of sp³-hybridized carbons (Fsp3) is 0.778. The molecule has 0 aromatic carbocycles. The normalized spacial score (nSPS) is 15.5. The zero-order chi connectivity index (χ0) is 8.41. The summed E-state index contributed by atoms with van der Waals surface area (Å²) in [6.45, 7) is 9.17. The van der Waals surface area contributed by atoms with Crippen molar-refractivity contribution in [3.05, 3.63) is 19.7 Å². The molecule has 0 rings (SSSR count). The monoisotopic (exact) mass is 248 g/mol. The van der Waals surface area contributed by atoms with Gasteiger partial charge < -0.3 is 17.3 Å². The second-order valence-corrected chi connectivity index (χ2v) is 4.09. The Labute approximate surface area is 103 Å². The summed E-state index contributed by atoms with van der Waals surface area (Å²) in [7, 11) is 3.56. The van der Waals surface area contributed by atoms with Gasteiger partial charge >= 0.3 is 0 Å². The van der Waals surface area contributed by atoms with Crippen LogP contribution in [0.1, 0.15) is 27.7 Å². The fourth-order valence-electron chi connectivity index (χ4n) is 0.976. The summed E-state index contributed by atoms with van der Waals surface area (Å²) in [5.74, 6) is 0. The van der Waals surface area contributed by atoms with Crippen molar-refractivity contribution >= 4 is 0 Å². The number of hydrogen-bond acceptors (Lipinski definition) is 1. The van der Waals surface area contributed by atoms with Gasteiger partial charge in [-0.2, -0.15) is 0 Å². The number of rotatable bonds is 2. The quantitative estimate of drug-likeness (QED) is 0.418.